The number of benzene rings is 2. The van der Waals surface area contributed by atoms with E-state index >= 15 is 0 Å². The molecular formula is C28H40N2O5. The molecule has 0 aliphatic carbocycles. The number of anilines is 1. The Bertz CT molecular complexity index is 997. The topological polar surface area (TPSA) is 99.9 Å². The Balaban J connectivity index is 2.31. The quantitative estimate of drug-likeness (QED) is 0.345. The zero-order chi connectivity index (χ0) is 26.0. The van der Waals surface area contributed by atoms with E-state index in [1.54, 1.807) is 14.2 Å². The van der Waals surface area contributed by atoms with Gasteiger partial charge in [0, 0.05) is 18.2 Å². The number of ether oxygens (including phenoxy) is 3. The van der Waals surface area contributed by atoms with Crippen molar-refractivity contribution in [2.45, 2.75) is 77.7 Å². The van der Waals surface area contributed by atoms with Crippen LogP contribution in [0, 0.1) is 0 Å². The number of hydrogen-bond acceptors (Lipinski definition) is 5. The number of carbonyl (C=O) groups excluding carboxylic acids is 2. The molecule has 2 aromatic rings. The van der Waals surface area contributed by atoms with Crippen LogP contribution in [0.1, 0.15) is 82.4 Å². The van der Waals surface area contributed by atoms with Crippen LogP contribution in [-0.2, 0) is 21.6 Å². The number of unbranched alkanes of at least 4 members (excludes halogenated alkanes) is 2. The first-order chi connectivity index (χ1) is 16.6. The van der Waals surface area contributed by atoms with Crippen LogP contribution in [0.25, 0.3) is 0 Å². The zero-order valence-corrected chi connectivity index (χ0v) is 21.9. The van der Waals surface area contributed by atoms with Gasteiger partial charge in [0.15, 0.2) is 0 Å². The minimum atomic E-state index is -0.834. The average Bonchev–Trinajstić information content (AvgIpc) is 2.81. The number of methoxy groups -OCH3 is 2. The SMILES string of the molecule is CCCCCC(CC(=O)Nc1cc(COC(N)=O)ccc1C(C)(C)C)c1ccc(OC)cc1OC. The van der Waals surface area contributed by atoms with Gasteiger partial charge in [0.2, 0.25) is 5.91 Å². The summed E-state index contributed by atoms with van der Waals surface area (Å²) in [7, 11) is 3.26. The van der Waals surface area contributed by atoms with E-state index < -0.39 is 6.09 Å². The molecule has 0 heterocycles. The van der Waals surface area contributed by atoms with Crippen LogP contribution in [0.2, 0.25) is 0 Å². The monoisotopic (exact) mass is 484 g/mol. The summed E-state index contributed by atoms with van der Waals surface area (Å²) in [6.45, 7) is 8.48. The summed E-state index contributed by atoms with van der Waals surface area (Å²) in [4.78, 5) is 24.4. The van der Waals surface area contributed by atoms with E-state index in [2.05, 4.69) is 33.0 Å². The molecular weight excluding hydrogens is 444 g/mol. The summed E-state index contributed by atoms with van der Waals surface area (Å²) in [6, 6.07) is 11.4. The van der Waals surface area contributed by atoms with Gasteiger partial charge < -0.3 is 25.3 Å². The highest BCUT2D eigenvalue weighted by molar-refractivity contribution is 5.92. The van der Waals surface area contributed by atoms with E-state index in [-0.39, 0.29) is 23.8 Å². The molecule has 0 bridgehead atoms. The van der Waals surface area contributed by atoms with Crippen LogP contribution in [0.15, 0.2) is 36.4 Å². The van der Waals surface area contributed by atoms with Crippen LogP contribution in [0.3, 0.4) is 0 Å². The van der Waals surface area contributed by atoms with Gasteiger partial charge in [-0.15, -0.1) is 0 Å². The Labute approximate surface area is 209 Å². The Kier molecular flexibility index (Phi) is 10.4. The van der Waals surface area contributed by atoms with Crippen molar-refractivity contribution in [2.75, 3.05) is 19.5 Å². The Morgan fingerprint density at radius 3 is 2.37 bits per heavy atom. The van der Waals surface area contributed by atoms with Crippen molar-refractivity contribution in [2.24, 2.45) is 5.73 Å². The molecule has 2 amide bonds. The van der Waals surface area contributed by atoms with Crippen molar-refractivity contribution < 1.29 is 23.8 Å². The van der Waals surface area contributed by atoms with Gasteiger partial charge in [0.25, 0.3) is 0 Å². The summed E-state index contributed by atoms with van der Waals surface area (Å²) < 4.78 is 15.9. The number of nitrogens with two attached hydrogens (primary N) is 1. The number of hydrogen-bond donors (Lipinski definition) is 2. The lowest BCUT2D eigenvalue weighted by Crippen LogP contribution is -2.21. The van der Waals surface area contributed by atoms with Crippen molar-refractivity contribution in [1.82, 2.24) is 0 Å². The van der Waals surface area contributed by atoms with Gasteiger partial charge in [-0.2, -0.15) is 0 Å². The predicted molar refractivity (Wildman–Crippen MR) is 139 cm³/mol. The highest BCUT2D eigenvalue weighted by Crippen LogP contribution is 2.36. The smallest absolute Gasteiger partial charge is 0.404 e. The molecule has 2 aromatic carbocycles. The molecule has 7 nitrogen and oxygen atoms in total. The maximum Gasteiger partial charge on any atom is 0.404 e. The molecule has 1 unspecified atom stereocenters. The van der Waals surface area contributed by atoms with E-state index in [1.165, 1.54) is 0 Å². The number of amides is 2. The molecule has 3 N–H and O–H groups in total. The first kappa shape index (κ1) is 28.0. The highest BCUT2D eigenvalue weighted by atomic mass is 16.5. The third-order valence-electron chi connectivity index (χ3n) is 6.02. The number of nitrogens with one attached hydrogen (secondary N) is 1. The normalized spacial score (nSPS) is 12.1. The molecule has 35 heavy (non-hydrogen) atoms. The van der Waals surface area contributed by atoms with E-state index in [0.717, 1.165) is 48.1 Å². The van der Waals surface area contributed by atoms with Crippen LogP contribution < -0.4 is 20.5 Å². The van der Waals surface area contributed by atoms with E-state index in [1.807, 2.05) is 36.4 Å². The Morgan fingerprint density at radius 2 is 1.77 bits per heavy atom. The standard InChI is InChI=1S/C28H40N2O5/c1-7-8-9-10-20(22-13-12-21(33-5)17-25(22)34-6)16-26(31)30-24-15-19(18-35-27(29)32)11-14-23(24)28(2,3)4/h11-15,17,20H,7-10,16,18H2,1-6H3,(H2,29,32)(H,30,31). The first-order valence-corrected chi connectivity index (χ1v) is 12.2. The fourth-order valence-electron chi connectivity index (χ4n) is 4.18. The lowest BCUT2D eigenvalue weighted by atomic mass is 9.85. The van der Waals surface area contributed by atoms with Gasteiger partial charge in [-0.1, -0.05) is 65.2 Å². The molecule has 0 aromatic heterocycles. The summed E-state index contributed by atoms with van der Waals surface area (Å²) in [5, 5.41) is 3.12. The minimum Gasteiger partial charge on any atom is -0.497 e. The molecule has 0 radical (unpaired) electrons. The molecule has 0 aliphatic rings. The third kappa shape index (κ3) is 8.50. The molecule has 0 aliphatic heterocycles. The molecule has 1 atom stereocenters. The lowest BCUT2D eigenvalue weighted by Gasteiger charge is -2.25. The Morgan fingerprint density at radius 1 is 1.03 bits per heavy atom. The predicted octanol–water partition coefficient (Wildman–Crippen LogP) is 6.29. The molecule has 0 saturated carbocycles. The zero-order valence-electron chi connectivity index (χ0n) is 21.9. The minimum absolute atomic E-state index is 0.00173. The average molecular weight is 485 g/mol. The fraction of sp³-hybridized carbons (Fsp3) is 0.500. The third-order valence-corrected chi connectivity index (χ3v) is 6.02. The van der Waals surface area contributed by atoms with E-state index in [9.17, 15) is 9.59 Å². The highest BCUT2D eigenvalue weighted by Gasteiger charge is 2.23. The van der Waals surface area contributed by atoms with Gasteiger partial charge in [-0.05, 0) is 46.6 Å². The molecule has 192 valence electrons. The van der Waals surface area contributed by atoms with E-state index in [4.69, 9.17) is 19.9 Å². The maximum absolute atomic E-state index is 13.3. The van der Waals surface area contributed by atoms with Crippen molar-refractivity contribution in [3.8, 4) is 11.5 Å². The van der Waals surface area contributed by atoms with Gasteiger partial charge >= 0.3 is 6.09 Å². The molecule has 2 rings (SSSR count). The summed E-state index contributed by atoms with van der Waals surface area (Å²) in [5.41, 5.74) is 8.38. The largest absolute Gasteiger partial charge is 0.497 e. The second-order valence-corrected chi connectivity index (χ2v) is 9.79. The summed E-state index contributed by atoms with van der Waals surface area (Å²) >= 11 is 0. The number of primary amides is 1. The van der Waals surface area contributed by atoms with Crippen molar-refractivity contribution in [1.29, 1.82) is 0 Å². The fourth-order valence-corrected chi connectivity index (χ4v) is 4.18. The van der Waals surface area contributed by atoms with Gasteiger partial charge in [-0.25, -0.2) is 4.79 Å². The van der Waals surface area contributed by atoms with Crippen molar-refractivity contribution in [3.63, 3.8) is 0 Å². The van der Waals surface area contributed by atoms with Gasteiger partial charge in [0.1, 0.15) is 18.1 Å². The van der Waals surface area contributed by atoms with Crippen molar-refractivity contribution >= 4 is 17.7 Å². The molecule has 0 fully saturated rings. The van der Waals surface area contributed by atoms with Crippen LogP contribution >= 0.6 is 0 Å². The first-order valence-electron chi connectivity index (χ1n) is 12.2. The van der Waals surface area contributed by atoms with E-state index in [0.29, 0.717) is 17.9 Å². The Hall–Kier alpha value is -3.22. The molecule has 7 heteroatoms. The van der Waals surface area contributed by atoms with Gasteiger partial charge in [0.05, 0.1) is 14.2 Å². The maximum atomic E-state index is 13.3. The van der Waals surface area contributed by atoms with Crippen molar-refractivity contribution in [3.05, 3.63) is 53.1 Å². The summed E-state index contributed by atoms with van der Waals surface area (Å²) in [5.74, 6) is 1.36. The second kappa shape index (κ2) is 13.0. The van der Waals surface area contributed by atoms with Gasteiger partial charge in [-0.3, -0.25) is 4.79 Å². The molecule has 0 saturated heterocycles. The molecule has 0 spiro atoms. The lowest BCUT2D eigenvalue weighted by molar-refractivity contribution is -0.116. The number of carbonyl (C=O) groups is 2. The van der Waals surface area contributed by atoms with Crippen LogP contribution in [-0.4, -0.2) is 26.2 Å². The number of rotatable bonds is 12. The van der Waals surface area contributed by atoms with Crippen LogP contribution in [0.5, 0.6) is 11.5 Å². The van der Waals surface area contributed by atoms with Crippen LogP contribution in [0.4, 0.5) is 10.5 Å². The summed E-state index contributed by atoms with van der Waals surface area (Å²) in [6.07, 6.45) is 3.59. The second-order valence-electron chi connectivity index (χ2n) is 9.79.